The fraction of sp³-hybridized carbons (Fsp3) is 0.375. The van der Waals surface area contributed by atoms with E-state index in [1.54, 1.807) is 0 Å². The van der Waals surface area contributed by atoms with Gasteiger partial charge < -0.3 is 9.73 Å². The summed E-state index contributed by atoms with van der Waals surface area (Å²) in [5.74, 6) is 2.08. The van der Waals surface area contributed by atoms with Crippen LogP contribution in [0.3, 0.4) is 0 Å². The molecule has 0 atom stereocenters. The van der Waals surface area contributed by atoms with Crippen molar-refractivity contribution in [2.24, 2.45) is 0 Å². The lowest BCUT2D eigenvalue weighted by molar-refractivity contribution is 0.462. The van der Waals surface area contributed by atoms with Crippen LogP contribution in [0.15, 0.2) is 46.9 Å². The van der Waals surface area contributed by atoms with Gasteiger partial charge in [0.15, 0.2) is 9.84 Å². The largest absolute Gasteiger partial charge is 0.465 e. The Morgan fingerprint density at radius 2 is 1.86 bits per heavy atom. The van der Waals surface area contributed by atoms with Gasteiger partial charge in [-0.15, -0.1) is 0 Å². The SMILES string of the molecule is Cc1ccc(CNCCCS(=O)(=O)Cc2ccccc2)o1. The molecule has 0 spiro atoms. The van der Waals surface area contributed by atoms with E-state index >= 15 is 0 Å². The van der Waals surface area contributed by atoms with E-state index in [9.17, 15) is 8.42 Å². The summed E-state index contributed by atoms with van der Waals surface area (Å²) in [6, 6.07) is 13.1. The molecule has 0 radical (unpaired) electrons. The van der Waals surface area contributed by atoms with Crippen LogP contribution in [-0.4, -0.2) is 20.7 Å². The Bertz CT molecular complexity index is 647. The quantitative estimate of drug-likeness (QED) is 0.762. The molecule has 114 valence electrons. The molecule has 2 aromatic rings. The number of sulfone groups is 1. The van der Waals surface area contributed by atoms with Crippen molar-refractivity contribution in [3.63, 3.8) is 0 Å². The summed E-state index contributed by atoms with van der Waals surface area (Å²) in [6.45, 7) is 3.19. The molecule has 5 heteroatoms. The highest BCUT2D eigenvalue weighted by Crippen LogP contribution is 2.07. The third-order valence-electron chi connectivity index (χ3n) is 3.13. The predicted molar refractivity (Wildman–Crippen MR) is 83.7 cm³/mol. The molecule has 1 N–H and O–H groups in total. The Morgan fingerprint density at radius 3 is 2.52 bits per heavy atom. The standard InChI is InChI=1S/C16H21NO3S/c1-14-8-9-16(20-14)12-17-10-5-11-21(18,19)13-15-6-3-2-4-7-15/h2-4,6-9,17H,5,10-13H2,1H3. The number of nitrogens with one attached hydrogen (secondary N) is 1. The van der Waals surface area contributed by atoms with Crippen molar-refractivity contribution in [2.45, 2.75) is 25.6 Å². The molecule has 0 aliphatic heterocycles. The van der Waals surface area contributed by atoms with Gasteiger partial charge in [0.05, 0.1) is 18.1 Å². The maximum absolute atomic E-state index is 12.0. The normalized spacial score (nSPS) is 11.7. The van der Waals surface area contributed by atoms with Crippen LogP contribution in [0.25, 0.3) is 0 Å². The maximum atomic E-state index is 12.0. The third kappa shape index (κ3) is 5.73. The average molecular weight is 307 g/mol. The van der Waals surface area contributed by atoms with E-state index in [1.165, 1.54) is 0 Å². The molecule has 0 saturated carbocycles. The zero-order chi connectivity index (χ0) is 15.1. The van der Waals surface area contributed by atoms with Crippen LogP contribution in [0.1, 0.15) is 23.5 Å². The van der Waals surface area contributed by atoms with E-state index < -0.39 is 9.84 Å². The fourth-order valence-corrected chi connectivity index (χ4v) is 3.54. The maximum Gasteiger partial charge on any atom is 0.154 e. The molecule has 0 amide bonds. The Balaban J connectivity index is 1.68. The minimum atomic E-state index is -3.04. The topological polar surface area (TPSA) is 59.3 Å². The number of rotatable bonds is 8. The number of benzene rings is 1. The van der Waals surface area contributed by atoms with Gasteiger partial charge in [0.2, 0.25) is 0 Å². The highest BCUT2D eigenvalue weighted by atomic mass is 32.2. The van der Waals surface area contributed by atoms with Gasteiger partial charge in [-0.3, -0.25) is 0 Å². The summed E-state index contributed by atoms with van der Waals surface area (Å²) < 4.78 is 29.4. The van der Waals surface area contributed by atoms with Gasteiger partial charge in [0.25, 0.3) is 0 Å². The number of hydrogen-bond acceptors (Lipinski definition) is 4. The van der Waals surface area contributed by atoms with Crippen LogP contribution < -0.4 is 5.32 Å². The van der Waals surface area contributed by atoms with Gasteiger partial charge in [-0.25, -0.2) is 8.42 Å². The Kier molecular flexibility index (Phi) is 5.59. The van der Waals surface area contributed by atoms with E-state index in [0.717, 1.165) is 17.1 Å². The third-order valence-corrected chi connectivity index (χ3v) is 4.82. The van der Waals surface area contributed by atoms with Crippen LogP contribution in [0.2, 0.25) is 0 Å². The molecule has 0 aliphatic rings. The summed E-state index contributed by atoms with van der Waals surface area (Å²) in [5, 5.41) is 3.19. The van der Waals surface area contributed by atoms with Crippen LogP contribution in [0, 0.1) is 6.92 Å². The molecule has 0 bridgehead atoms. The second kappa shape index (κ2) is 7.43. The Labute approximate surface area is 126 Å². The Morgan fingerprint density at radius 1 is 1.10 bits per heavy atom. The molecule has 0 saturated heterocycles. The van der Waals surface area contributed by atoms with Gasteiger partial charge in [-0.2, -0.15) is 0 Å². The molecule has 2 rings (SSSR count). The number of aryl methyl sites for hydroxylation is 1. The molecular formula is C16H21NO3S. The highest BCUT2D eigenvalue weighted by molar-refractivity contribution is 7.90. The summed E-state index contributed by atoms with van der Waals surface area (Å²) in [7, 11) is -3.04. The first kappa shape index (κ1) is 15.8. The van der Waals surface area contributed by atoms with Crippen molar-refractivity contribution in [3.8, 4) is 0 Å². The number of furan rings is 1. The van der Waals surface area contributed by atoms with Gasteiger partial charge in [-0.05, 0) is 37.6 Å². The zero-order valence-corrected chi connectivity index (χ0v) is 13.0. The van der Waals surface area contributed by atoms with Crippen LogP contribution >= 0.6 is 0 Å². The first-order valence-electron chi connectivity index (χ1n) is 7.05. The number of hydrogen-bond donors (Lipinski definition) is 1. The van der Waals surface area contributed by atoms with Crippen molar-refractivity contribution >= 4 is 9.84 Å². The lowest BCUT2D eigenvalue weighted by Gasteiger charge is -2.05. The molecule has 1 heterocycles. The molecule has 0 unspecified atom stereocenters. The molecule has 0 fully saturated rings. The van der Waals surface area contributed by atoms with Gasteiger partial charge in [-0.1, -0.05) is 30.3 Å². The second-order valence-electron chi connectivity index (χ2n) is 5.12. The van der Waals surface area contributed by atoms with E-state index in [-0.39, 0.29) is 11.5 Å². The molecule has 21 heavy (non-hydrogen) atoms. The van der Waals surface area contributed by atoms with Crippen molar-refractivity contribution in [2.75, 3.05) is 12.3 Å². The van der Waals surface area contributed by atoms with E-state index in [4.69, 9.17) is 4.42 Å². The van der Waals surface area contributed by atoms with E-state index in [1.807, 2.05) is 49.4 Å². The van der Waals surface area contributed by atoms with Crippen LogP contribution in [0.5, 0.6) is 0 Å². The average Bonchev–Trinajstić information content (AvgIpc) is 2.84. The van der Waals surface area contributed by atoms with Crippen molar-refractivity contribution in [1.82, 2.24) is 5.32 Å². The first-order chi connectivity index (χ1) is 10.1. The summed E-state index contributed by atoms with van der Waals surface area (Å²) in [4.78, 5) is 0. The summed E-state index contributed by atoms with van der Waals surface area (Å²) in [6.07, 6.45) is 0.606. The van der Waals surface area contributed by atoms with Crippen LogP contribution in [0.4, 0.5) is 0 Å². The molecule has 0 aliphatic carbocycles. The highest BCUT2D eigenvalue weighted by Gasteiger charge is 2.11. The van der Waals surface area contributed by atoms with Gasteiger partial charge >= 0.3 is 0 Å². The van der Waals surface area contributed by atoms with Crippen molar-refractivity contribution in [3.05, 3.63) is 59.5 Å². The summed E-state index contributed by atoms with van der Waals surface area (Å²) >= 11 is 0. The van der Waals surface area contributed by atoms with Crippen LogP contribution in [-0.2, 0) is 22.1 Å². The minimum Gasteiger partial charge on any atom is -0.465 e. The van der Waals surface area contributed by atoms with Gasteiger partial charge in [0, 0.05) is 0 Å². The lowest BCUT2D eigenvalue weighted by Crippen LogP contribution is -2.18. The minimum absolute atomic E-state index is 0.116. The molecule has 4 nitrogen and oxygen atoms in total. The fourth-order valence-electron chi connectivity index (χ4n) is 2.11. The first-order valence-corrected chi connectivity index (χ1v) is 8.88. The van der Waals surface area contributed by atoms with Crippen molar-refractivity contribution < 1.29 is 12.8 Å². The molecule has 1 aromatic heterocycles. The smallest absolute Gasteiger partial charge is 0.154 e. The molecular weight excluding hydrogens is 286 g/mol. The zero-order valence-electron chi connectivity index (χ0n) is 12.2. The van der Waals surface area contributed by atoms with E-state index in [0.29, 0.717) is 19.5 Å². The monoisotopic (exact) mass is 307 g/mol. The molecule has 1 aromatic carbocycles. The lowest BCUT2D eigenvalue weighted by atomic mass is 10.2. The second-order valence-corrected chi connectivity index (χ2v) is 7.30. The Hall–Kier alpha value is -1.59. The summed E-state index contributed by atoms with van der Waals surface area (Å²) in [5.41, 5.74) is 0.844. The van der Waals surface area contributed by atoms with Gasteiger partial charge in [0.1, 0.15) is 11.5 Å². The van der Waals surface area contributed by atoms with Crippen molar-refractivity contribution in [1.29, 1.82) is 0 Å². The van der Waals surface area contributed by atoms with E-state index in [2.05, 4.69) is 5.32 Å². The predicted octanol–water partition coefficient (Wildman–Crippen LogP) is 2.68.